The number of likely N-dealkylation sites (tertiary alicyclic amines) is 1. The summed E-state index contributed by atoms with van der Waals surface area (Å²) in [7, 11) is 0. The van der Waals surface area contributed by atoms with E-state index in [1.54, 1.807) is 6.20 Å². The first-order valence-corrected chi connectivity index (χ1v) is 10.7. The highest BCUT2D eigenvalue weighted by Crippen LogP contribution is 2.44. The van der Waals surface area contributed by atoms with Crippen molar-refractivity contribution in [2.75, 3.05) is 18.8 Å². The largest absolute Gasteiger partial charge is 0.487 e. The van der Waals surface area contributed by atoms with Crippen molar-refractivity contribution in [1.29, 1.82) is 0 Å². The molecular weight excluding hydrogens is 374 g/mol. The Morgan fingerprint density at radius 2 is 1.97 bits per heavy atom. The van der Waals surface area contributed by atoms with E-state index in [0.29, 0.717) is 12.6 Å². The molecule has 0 amide bonds. The predicted octanol–water partition coefficient (Wildman–Crippen LogP) is 3.51. The molecule has 0 radical (unpaired) electrons. The highest BCUT2D eigenvalue weighted by atomic mass is 16.5. The van der Waals surface area contributed by atoms with Gasteiger partial charge in [0.05, 0.1) is 11.4 Å². The Labute approximate surface area is 177 Å². The molecule has 2 N–H and O–H groups in total. The van der Waals surface area contributed by atoms with E-state index in [0.717, 1.165) is 43.9 Å². The van der Waals surface area contributed by atoms with Gasteiger partial charge in [-0.25, -0.2) is 9.97 Å². The van der Waals surface area contributed by atoms with Crippen LogP contribution < -0.4 is 10.5 Å². The molecule has 1 aliphatic heterocycles. The van der Waals surface area contributed by atoms with Crippen molar-refractivity contribution < 1.29 is 4.74 Å². The van der Waals surface area contributed by atoms with Gasteiger partial charge in [-0.15, -0.1) is 0 Å². The van der Waals surface area contributed by atoms with Crippen LogP contribution in [-0.2, 0) is 25.0 Å². The zero-order chi connectivity index (χ0) is 20.4. The summed E-state index contributed by atoms with van der Waals surface area (Å²) in [5.74, 6) is 1.27. The van der Waals surface area contributed by atoms with Gasteiger partial charge in [-0.1, -0.05) is 18.2 Å². The number of fused-ring (bicyclic) bond motifs is 2. The molecule has 1 aromatic carbocycles. The van der Waals surface area contributed by atoms with E-state index in [1.165, 1.54) is 29.7 Å². The number of aromatic nitrogens is 3. The quantitative estimate of drug-likeness (QED) is 0.705. The van der Waals surface area contributed by atoms with E-state index in [2.05, 4.69) is 44.1 Å². The molecular formula is C24H27N5O. The summed E-state index contributed by atoms with van der Waals surface area (Å²) in [6, 6.07) is 14.3. The zero-order valence-corrected chi connectivity index (χ0v) is 17.1. The monoisotopic (exact) mass is 401 g/mol. The number of hydrogen-bond donors (Lipinski definition) is 1. The Morgan fingerprint density at radius 3 is 2.80 bits per heavy atom. The molecule has 1 fully saturated rings. The van der Waals surface area contributed by atoms with Crippen molar-refractivity contribution >= 4 is 5.95 Å². The first-order valence-electron chi connectivity index (χ1n) is 10.7. The van der Waals surface area contributed by atoms with Crippen LogP contribution in [-0.4, -0.2) is 32.9 Å². The number of ether oxygens (including phenoxy) is 1. The number of pyridine rings is 1. The van der Waals surface area contributed by atoms with E-state index in [9.17, 15) is 0 Å². The summed E-state index contributed by atoms with van der Waals surface area (Å²) >= 11 is 0. The first-order chi connectivity index (χ1) is 14.7. The van der Waals surface area contributed by atoms with E-state index < -0.39 is 0 Å². The third-order valence-corrected chi connectivity index (χ3v) is 6.36. The van der Waals surface area contributed by atoms with Crippen molar-refractivity contribution in [3.05, 3.63) is 77.4 Å². The minimum atomic E-state index is 0.135. The molecule has 30 heavy (non-hydrogen) atoms. The van der Waals surface area contributed by atoms with E-state index >= 15 is 0 Å². The maximum absolute atomic E-state index is 5.90. The molecule has 1 unspecified atom stereocenters. The van der Waals surface area contributed by atoms with Crippen molar-refractivity contribution in [3.8, 4) is 5.75 Å². The van der Waals surface area contributed by atoms with Crippen molar-refractivity contribution in [1.82, 2.24) is 19.9 Å². The lowest BCUT2D eigenvalue weighted by atomic mass is 9.77. The third kappa shape index (κ3) is 3.87. The molecule has 3 heterocycles. The summed E-state index contributed by atoms with van der Waals surface area (Å²) in [6.45, 7) is 3.58. The Balaban J connectivity index is 1.23. The van der Waals surface area contributed by atoms with Crippen LogP contribution in [0.2, 0.25) is 0 Å². The fourth-order valence-electron chi connectivity index (χ4n) is 4.90. The molecule has 3 aromatic rings. The standard InChI is InChI=1S/C24H27N5O/c25-23-27-14-19-9-11-24(22(19)28-23)10-3-13-29(17-24)15-18-5-7-21(8-6-18)30-16-20-4-1-2-12-26-20/h1-2,4-8,12,14H,3,9-11,13,15-17H2,(H2,25,27,28). The summed E-state index contributed by atoms with van der Waals surface area (Å²) in [5.41, 5.74) is 10.7. The average Bonchev–Trinajstić information content (AvgIpc) is 3.11. The van der Waals surface area contributed by atoms with Gasteiger partial charge in [0.15, 0.2) is 0 Å². The van der Waals surface area contributed by atoms with Gasteiger partial charge in [0.25, 0.3) is 0 Å². The number of nitrogen functional groups attached to an aromatic ring is 1. The topological polar surface area (TPSA) is 77.2 Å². The summed E-state index contributed by atoms with van der Waals surface area (Å²) in [5, 5.41) is 0. The minimum Gasteiger partial charge on any atom is -0.487 e. The van der Waals surface area contributed by atoms with Crippen LogP contribution in [0.15, 0.2) is 54.9 Å². The molecule has 2 aliphatic rings. The van der Waals surface area contributed by atoms with Gasteiger partial charge in [-0.2, -0.15) is 0 Å². The Kier molecular flexibility index (Phi) is 5.09. The average molecular weight is 402 g/mol. The van der Waals surface area contributed by atoms with Gasteiger partial charge in [0.1, 0.15) is 12.4 Å². The number of nitrogens with zero attached hydrogens (tertiary/aromatic N) is 4. The molecule has 0 saturated carbocycles. The number of nitrogens with two attached hydrogens (primary N) is 1. The lowest BCUT2D eigenvalue weighted by molar-refractivity contribution is 0.137. The predicted molar refractivity (Wildman–Crippen MR) is 116 cm³/mol. The molecule has 2 aromatic heterocycles. The number of anilines is 1. The molecule has 1 saturated heterocycles. The highest BCUT2D eigenvalue weighted by Gasteiger charge is 2.43. The fraction of sp³-hybridized carbons (Fsp3) is 0.375. The number of benzene rings is 1. The van der Waals surface area contributed by atoms with Gasteiger partial charge < -0.3 is 10.5 Å². The molecule has 1 atom stereocenters. The number of rotatable bonds is 5. The Morgan fingerprint density at radius 1 is 1.07 bits per heavy atom. The number of piperidine rings is 1. The lowest BCUT2D eigenvalue weighted by Gasteiger charge is -2.40. The smallest absolute Gasteiger partial charge is 0.220 e. The van der Waals surface area contributed by atoms with E-state index in [-0.39, 0.29) is 5.41 Å². The van der Waals surface area contributed by atoms with Crippen LogP contribution in [0.3, 0.4) is 0 Å². The highest BCUT2D eigenvalue weighted by molar-refractivity contribution is 5.37. The van der Waals surface area contributed by atoms with E-state index in [1.807, 2.05) is 24.4 Å². The zero-order valence-electron chi connectivity index (χ0n) is 17.1. The second-order valence-electron chi connectivity index (χ2n) is 8.45. The number of aryl methyl sites for hydroxylation is 1. The number of hydrogen-bond acceptors (Lipinski definition) is 6. The normalized spacial score (nSPS) is 20.9. The van der Waals surface area contributed by atoms with Crippen LogP contribution in [0, 0.1) is 0 Å². The maximum Gasteiger partial charge on any atom is 0.220 e. The maximum atomic E-state index is 5.90. The molecule has 6 nitrogen and oxygen atoms in total. The third-order valence-electron chi connectivity index (χ3n) is 6.36. The fourth-order valence-corrected chi connectivity index (χ4v) is 4.90. The van der Waals surface area contributed by atoms with Crippen LogP contribution in [0.5, 0.6) is 5.75 Å². The SMILES string of the molecule is Nc1ncc2c(n1)C1(CCCN(Cc3ccc(OCc4ccccn4)cc3)C1)CC2. The van der Waals surface area contributed by atoms with Crippen molar-refractivity contribution in [2.45, 2.75) is 44.2 Å². The summed E-state index contributed by atoms with van der Waals surface area (Å²) in [6.07, 6.45) is 8.30. The van der Waals surface area contributed by atoms with Gasteiger partial charge >= 0.3 is 0 Å². The first kappa shape index (κ1) is 19.0. The van der Waals surface area contributed by atoms with E-state index in [4.69, 9.17) is 10.5 Å². The molecule has 154 valence electrons. The second-order valence-corrected chi connectivity index (χ2v) is 8.45. The molecule has 0 bridgehead atoms. The molecule has 5 rings (SSSR count). The van der Waals surface area contributed by atoms with Crippen LogP contribution in [0.25, 0.3) is 0 Å². The molecule has 1 aliphatic carbocycles. The van der Waals surface area contributed by atoms with Gasteiger partial charge in [0.2, 0.25) is 5.95 Å². The van der Waals surface area contributed by atoms with Crippen LogP contribution >= 0.6 is 0 Å². The van der Waals surface area contributed by atoms with Crippen molar-refractivity contribution in [2.24, 2.45) is 0 Å². The van der Waals surface area contributed by atoms with Gasteiger partial charge in [0, 0.05) is 30.9 Å². The second kappa shape index (κ2) is 8.03. The Bertz CT molecular complexity index is 1000. The molecule has 6 heteroatoms. The van der Waals surface area contributed by atoms with Gasteiger partial charge in [-0.05, 0) is 67.6 Å². The lowest BCUT2D eigenvalue weighted by Crippen LogP contribution is -2.45. The van der Waals surface area contributed by atoms with Crippen LogP contribution in [0.1, 0.15) is 41.8 Å². The minimum absolute atomic E-state index is 0.135. The summed E-state index contributed by atoms with van der Waals surface area (Å²) in [4.78, 5) is 15.7. The van der Waals surface area contributed by atoms with Gasteiger partial charge in [-0.3, -0.25) is 9.88 Å². The summed E-state index contributed by atoms with van der Waals surface area (Å²) < 4.78 is 5.86. The Hall–Kier alpha value is -2.99. The molecule has 1 spiro atoms. The van der Waals surface area contributed by atoms with Crippen LogP contribution in [0.4, 0.5) is 5.95 Å². The van der Waals surface area contributed by atoms with Crippen molar-refractivity contribution in [3.63, 3.8) is 0 Å².